The van der Waals surface area contributed by atoms with E-state index in [1.54, 1.807) is 25.3 Å². The van der Waals surface area contributed by atoms with Gasteiger partial charge >= 0.3 is 0 Å². The van der Waals surface area contributed by atoms with Crippen LogP contribution >= 0.6 is 15.9 Å². The maximum atomic E-state index is 13.7. The van der Waals surface area contributed by atoms with Crippen LogP contribution in [-0.4, -0.2) is 13.0 Å². The van der Waals surface area contributed by atoms with Crippen LogP contribution in [0.4, 0.5) is 10.1 Å². The van der Waals surface area contributed by atoms with Crippen LogP contribution in [0.2, 0.25) is 0 Å². The van der Waals surface area contributed by atoms with Crippen LogP contribution < -0.4 is 5.32 Å². The van der Waals surface area contributed by atoms with E-state index in [9.17, 15) is 9.18 Å². The molecular formula is C15H13BrFNO2. The van der Waals surface area contributed by atoms with Gasteiger partial charge in [-0.2, -0.15) is 0 Å². The van der Waals surface area contributed by atoms with E-state index in [0.717, 1.165) is 5.56 Å². The Hall–Kier alpha value is -1.72. The Labute approximate surface area is 124 Å². The van der Waals surface area contributed by atoms with Crippen LogP contribution in [0.3, 0.4) is 0 Å². The number of carbonyl (C=O) groups is 1. The fourth-order valence-electron chi connectivity index (χ4n) is 1.78. The van der Waals surface area contributed by atoms with Gasteiger partial charge in [-0.15, -0.1) is 0 Å². The molecule has 0 fully saturated rings. The summed E-state index contributed by atoms with van der Waals surface area (Å²) in [4.78, 5) is 12.0. The summed E-state index contributed by atoms with van der Waals surface area (Å²) in [5, 5.41) is 2.67. The molecule has 0 bridgehead atoms. The minimum atomic E-state index is -0.565. The van der Waals surface area contributed by atoms with Gasteiger partial charge in [-0.05, 0) is 35.9 Å². The molecule has 0 saturated carbocycles. The van der Waals surface area contributed by atoms with Gasteiger partial charge in [0.15, 0.2) is 0 Å². The van der Waals surface area contributed by atoms with Gasteiger partial charge in [-0.25, -0.2) is 4.39 Å². The van der Waals surface area contributed by atoms with Gasteiger partial charge in [0.1, 0.15) is 5.82 Å². The summed E-state index contributed by atoms with van der Waals surface area (Å²) in [6, 6.07) is 11.6. The predicted octanol–water partition coefficient (Wildman–Crippen LogP) is 3.99. The number of amides is 1. The third-order valence-corrected chi connectivity index (χ3v) is 3.16. The van der Waals surface area contributed by atoms with Gasteiger partial charge < -0.3 is 10.1 Å². The first kappa shape index (κ1) is 14.7. The van der Waals surface area contributed by atoms with Gasteiger partial charge in [0.25, 0.3) is 5.91 Å². The van der Waals surface area contributed by atoms with Crippen LogP contribution in [0, 0.1) is 5.82 Å². The molecule has 0 spiro atoms. The van der Waals surface area contributed by atoms with Crippen molar-refractivity contribution in [2.75, 3.05) is 12.4 Å². The average molecular weight is 338 g/mol. The third kappa shape index (κ3) is 3.65. The molecule has 0 atom stereocenters. The van der Waals surface area contributed by atoms with Gasteiger partial charge in [0.2, 0.25) is 0 Å². The molecule has 0 saturated heterocycles. The summed E-state index contributed by atoms with van der Waals surface area (Å²) in [5.74, 6) is -1.05. The summed E-state index contributed by atoms with van der Waals surface area (Å²) < 4.78 is 19.3. The van der Waals surface area contributed by atoms with Crippen molar-refractivity contribution in [1.29, 1.82) is 0 Å². The normalized spacial score (nSPS) is 10.3. The van der Waals surface area contributed by atoms with Crippen molar-refractivity contribution in [3.05, 3.63) is 63.9 Å². The molecule has 2 aromatic carbocycles. The van der Waals surface area contributed by atoms with E-state index in [-0.39, 0.29) is 5.56 Å². The molecule has 1 N–H and O–H groups in total. The number of hydrogen-bond acceptors (Lipinski definition) is 2. The van der Waals surface area contributed by atoms with E-state index < -0.39 is 11.7 Å². The maximum absolute atomic E-state index is 13.7. The summed E-state index contributed by atoms with van der Waals surface area (Å²) in [6.07, 6.45) is 0. The van der Waals surface area contributed by atoms with Gasteiger partial charge in [0, 0.05) is 17.3 Å². The maximum Gasteiger partial charge on any atom is 0.258 e. The Morgan fingerprint density at radius 3 is 2.80 bits per heavy atom. The monoisotopic (exact) mass is 337 g/mol. The highest BCUT2D eigenvalue weighted by Gasteiger charge is 2.12. The van der Waals surface area contributed by atoms with Gasteiger partial charge in [-0.3, -0.25) is 4.79 Å². The number of nitrogens with one attached hydrogen (secondary N) is 1. The first-order valence-electron chi connectivity index (χ1n) is 5.94. The number of rotatable bonds is 4. The Morgan fingerprint density at radius 1 is 1.30 bits per heavy atom. The fourth-order valence-corrected chi connectivity index (χ4v) is 2.11. The summed E-state index contributed by atoms with van der Waals surface area (Å²) in [6.45, 7) is 0.455. The van der Waals surface area contributed by atoms with Crippen molar-refractivity contribution >= 4 is 27.5 Å². The van der Waals surface area contributed by atoms with Gasteiger partial charge in [0.05, 0.1) is 12.2 Å². The van der Waals surface area contributed by atoms with E-state index in [0.29, 0.717) is 16.8 Å². The molecule has 104 valence electrons. The van der Waals surface area contributed by atoms with Crippen molar-refractivity contribution in [3.8, 4) is 0 Å². The van der Waals surface area contributed by atoms with Crippen molar-refractivity contribution in [2.45, 2.75) is 6.61 Å². The highest BCUT2D eigenvalue weighted by Crippen LogP contribution is 2.17. The highest BCUT2D eigenvalue weighted by molar-refractivity contribution is 9.10. The number of anilines is 1. The van der Waals surface area contributed by atoms with Crippen LogP contribution in [0.1, 0.15) is 15.9 Å². The molecule has 0 radical (unpaired) electrons. The number of carbonyl (C=O) groups excluding carboxylic acids is 1. The SMILES string of the molecule is COCc1cccc(NC(=O)c2ccc(Br)cc2F)c1. The predicted molar refractivity (Wildman–Crippen MR) is 79.2 cm³/mol. The minimum Gasteiger partial charge on any atom is -0.380 e. The Kier molecular flexibility index (Phi) is 4.87. The smallest absolute Gasteiger partial charge is 0.258 e. The van der Waals surface area contributed by atoms with Crippen LogP contribution in [0.5, 0.6) is 0 Å². The highest BCUT2D eigenvalue weighted by atomic mass is 79.9. The van der Waals surface area contributed by atoms with E-state index in [4.69, 9.17) is 4.74 Å². The van der Waals surface area contributed by atoms with Crippen LogP contribution in [0.15, 0.2) is 46.9 Å². The molecule has 0 aliphatic rings. The van der Waals surface area contributed by atoms with Crippen molar-refractivity contribution in [2.24, 2.45) is 0 Å². The van der Waals surface area contributed by atoms with Crippen molar-refractivity contribution in [3.63, 3.8) is 0 Å². The minimum absolute atomic E-state index is 0.00495. The second-order valence-electron chi connectivity index (χ2n) is 4.21. The van der Waals surface area contributed by atoms with Crippen molar-refractivity contribution < 1.29 is 13.9 Å². The van der Waals surface area contributed by atoms with E-state index >= 15 is 0 Å². The zero-order valence-electron chi connectivity index (χ0n) is 10.8. The lowest BCUT2D eigenvalue weighted by molar-refractivity contribution is 0.102. The molecule has 1 amide bonds. The lowest BCUT2D eigenvalue weighted by Crippen LogP contribution is -2.13. The Bertz CT molecular complexity index is 631. The molecular weight excluding hydrogens is 325 g/mol. The molecule has 3 nitrogen and oxygen atoms in total. The standard InChI is InChI=1S/C15H13BrFNO2/c1-20-9-10-3-2-4-12(7-10)18-15(19)13-6-5-11(16)8-14(13)17/h2-8H,9H2,1H3,(H,18,19). The quantitative estimate of drug-likeness (QED) is 0.916. The number of ether oxygens (including phenoxy) is 1. The topological polar surface area (TPSA) is 38.3 Å². The molecule has 20 heavy (non-hydrogen) atoms. The second kappa shape index (κ2) is 6.63. The Morgan fingerprint density at radius 2 is 2.10 bits per heavy atom. The molecule has 2 aromatic rings. The molecule has 5 heteroatoms. The second-order valence-corrected chi connectivity index (χ2v) is 5.13. The number of hydrogen-bond donors (Lipinski definition) is 1. The lowest BCUT2D eigenvalue weighted by Gasteiger charge is -2.08. The molecule has 0 aromatic heterocycles. The van der Waals surface area contributed by atoms with E-state index in [1.807, 2.05) is 12.1 Å². The molecule has 0 heterocycles. The zero-order valence-corrected chi connectivity index (χ0v) is 12.4. The zero-order chi connectivity index (χ0) is 14.5. The summed E-state index contributed by atoms with van der Waals surface area (Å²) in [7, 11) is 1.60. The van der Waals surface area contributed by atoms with Crippen LogP contribution in [0.25, 0.3) is 0 Å². The average Bonchev–Trinajstić information content (AvgIpc) is 2.39. The molecule has 0 aliphatic heterocycles. The lowest BCUT2D eigenvalue weighted by atomic mass is 10.1. The molecule has 0 unspecified atom stereocenters. The van der Waals surface area contributed by atoms with E-state index in [1.165, 1.54) is 12.1 Å². The van der Waals surface area contributed by atoms with E-state index in [2.05, 4.69) is 21.2 Å². The summed E-state index contributed by atoms with van der Waals surface area (Å²) >= 11 is 3.15. The summed E-state index contributed by atoms with van der Waals surface area (Å²) in [5.41, 5.74) is 1.54. The first-order valence-corrected chi connectivity index (χ1v) is 6.73. The van der Waals surface area contributed by atoms with Crippen LogP contribution in [-0.2, 0) is 11.3 Å². The number of halogens is 2. The number of benzene rings is 2. The fraction of sp³-hybridized carbons (Fsp3) is 0.133. The Balaban J connectivity index is 2.17. The molecule has 2 rings (SSSR count). The van der Waals surface area contributed by atoms with Crippen molar-refractivity contribution in [1.82, 2.24) is 0 Å². The molecule has 0 aliphatic carbocycles. The van der Waals surface area contributed by atoms with Gasteiger partial charge in [-0.1, -0.05) is 28.1 Å². The first-order chi connectivity index (χ1) is 9.60. The number of methoxy groups -OCH3 is 1. The largest absolute Gasteiger partial charge is 0.380 e. The third-order valence-electron chi connectivity index (χ3n) is 2.67.